The first kappa shape index (κ1) is 15.3. The van der Waals surface area contributed by atoms with Crippen LogP contribution in [0.15, 0.2) is 18.2 Å². The SMILES string of the molecule is O=C(COc1ccc2c(c1)CCC2)NCCC[NH+]1CCCC1. The number of aryl methyl sites for hydroxylation is 2. The fourth-order valence-electron chi connectivity index (χ4n) is 3.53. The van der Waals surface area contributed by atoms with Gasteiger partial charge in [-0.1, -0.05) is 6.07 Å². The molecule has 0 radical (unpaired) electrons. The zero-order valence-electron chi connectivity index (χ0n) is 13.3. The lowest BCUT2D eigenvalue weighted by Crippen LogP contribution is -3.10. The van der Waals surface area contributed by atoms with E-state index in [1.165, 1.54) is 56.4 Å². The number of benzene rings is 1. The number of rotatable bonds is 7. The summed E-state index contributed by atoms with van der Waals surface area (Å²) in [5.74, 6) is 0.800. The summed E-state index contributed by atoms with van der Waals surface area (Å²) in [4.78, 5) is 13.5. The van der Waals surface area contributed by atoms with Crippen LogP contribution in [-0.4, -0.2) is 38.7 Å². The molecule has 0 unspecified atom stereocenters. The molecule has 22 heavy (non-hydrogen) atoms. The minimum absolute atomic E-state index is 0.0167. The quantitative estimate of drug-likeness (QED) is 0.730. The van der Waals surface area contributed by atoms with E-state index in [0.29, 0.717) is 0 Å². The Morgan fingerprint density at radius 3 is 2.82 bits per heavy atom. The molecule has 1 heterocycles. The smallest absolute Gasteiger partial charge is 0.257 e. The van der Waals surface area contributed by atoms with Crippen molar-refractivity contribution >= 4 is 5.91 Å². The number of quaternary nitrogens is 1. The van der Waals surface area contributed by atoms with E-state index in [1.54, 1.807) is 4.90 Å². The third-order valence-electron chi connectivity index (χ3n) is 4.78. The van der Waals surface area contributed by atoms with Crippen LogP contribution in [0.25, 0.3) is 0 Å². The lowest BCUT2D eigenvalue weighted by Gasteiger charge is -2.12. The summed E-state index contributed by atoms with van der Waals surface area (Å²) in [5.41, 5.74) is 2.81. The standard InChI is InChI=1S/C18H26N2O2/c21-18(19-9-4-12-20-10-1-2-11-20)14-22-17-8-7-15-5-3-6-16(15)13-17/h7-8,13H,1-6,9-12,14H2,(H,19,21)/p+1. The second-order valence-electron chi connectivity index (χ2n) is 6.48. The second-order valence-corrected chi connectivity index (χ2v) is 6.48. The highest BCUT2D eigenvalue weighted by Gasteiger charge is 2.14. The van der Waals surface area contributed by atoms with Crippen molar-refractivity contribution in [3.8, 4) is 5.75 Å². The van der Waals surface area contributed by atoms with Gasteiger partial charge in [0.2, 0.25) is 0 Å². The van der Waals surface area contributed by atoms with Gasteiger partial charge < -0.3 is 15.0 Å². The van der Waals surface area contributed by atoms with Crippen LogP contribution in [0.1, 0.15) is 36.8 Å². The highest BCUT2D eigenvalue weighted by atomic mass is 16.5. The van der Waals surface area contributed by atoms with E-state index in [-0.39, 0.29) is 12.5 Å². The third-order valence-corrected chi connectivity index (χ3v) is 4.78. The van der Waals surface area contributed by atoms with E-state index < -0.39 is 0 Å². The Balaban J connectivity index is 1.32. The monoisotopic (exact) mass is 303 g/mol. The minimum atomic E-state index is -0.0167. The Bertz CT molecular complexity index is 510. The van der Waals surface area contributed by atoms with E-state index >= 15 is 0 Å². The van der Waals surface area contributed by atoms with Crippen LogP contribution in [-0.2, 0) is 17.6 Å². The molecule has 0 aromatic heterocycles. The largest absolute Gasteiger partial charge is 0.484 e. The molecule has 1 aliphatic heterocycles. The van der Waals surface area contributed by atoms with E-state index in [4.69, 9.17) is 4.74 Å². The zero-order valence-corrected chi connectivity index (χ0v) is 13.3. The summed E-state index contributed by atoms with van der Waals surface area (Å²) in [7, 11) is 0. The summed E-state index contributed by atoms with van der Waals surface area (Å²) >= 11 is 0. The first-order valence-corrected chi connectivity index (χ1v) is 8.66. The average Bonchev–Trinajstić information content (AvgIpc) is 3.20. The van der Waals surface area contributed by atoms with Gasteiger partial charge in [0.25, 0.3) is 5.91 Å². The first-order chi connectivity index (χ1) is 10.8. The molecule has 1 saturated heterocycles. The summed E-state index contributed by atoms with van der Waals surface area (Å²) in [6.45, 7) is 4.65. The number of nitrogens with one attached hydrogen (secondary N) is 2. The van der Waals surface area contributed by atoms with Crippen molar-refractivity contribution in [2.45, 2.75) is 38.5 Å². The maximum Gasteiger partial charge on any atom is 0.257 e. The minimum Gasteiger partial charge on any atom is -0.484 e. The van der Waals surface area contributed by atoms with Crippen molar-refractivity contribution in [1.82, 2.24) is 5.32 Å². The fraction of sp³-hybridized carbons (Fsp3) is 0.611. The van der Waals surface area contributed by atoms with Gasteiger partial charge >= 0.3 is 0 Å². The Hall–Kier alpha value is -1.55. The normalized spacial score (nSPS) is 17.5. The van der Waals surface area contributed by atoms with Crippen molar-refractivity contribution in [2.24, 2.45) is 0 Å². The van der Waals surface area contributed by atoms with Crippen LogP contribution >= 0.6 is 0 Å². The molecule has 0 saturated carbocycles. The van der Waals surface area contributed by atoms with Crippen LogP contribution in [0.3, 0.4) is 0 Å². The van der Waals surface area contributed by atoms with Crippen LogP contribution in [0.2, 0.25) is 0 Å². The molecule has 3 rings (SSSR count). The predicted octanol–water partition coefficient (Wildman–Crippen LogP) is 0.739. The molecule has 2 aliphatic rings. The number of hydrogen-bond acceptors (Lipinski definition) is 2. The summed E-state index contributed by atoms with van der Waals surface area (Å²) in [5, 5.41) is 2.95. The van der Waals surface area contributed by atoms with Crippen molar-refractivity contribution in [3.63, 3.8) is 0 Å². The van der Waals surface area contributed by atoms with Crippen LogP contribution in [0, 0.1) is 0 Å². The maximum atomic E-state index is 11.8. The van der Waals surface area contributed by atoms with Gasteiger partial charge in [0.05, 0.1) is 19.6 Å². The summed E-state index contributed by atoms with van der Waals surface area (Å²) in [6.07, 6.45) is 7.32. The predicted molar refractivity (Wildman–Crippen MR) is 86.4 cm³/mol. The molecule has 2 N–H and O–H groups in total. The summed E-state index contributed by atoms with van der Waals surface area (Å²) < 4.78 is 5.61. The van der Waals surface area contributed by atoms with Crippen molar-refractivity contribution in [2.75, 3.05) is 32.8 Å². The molecule has 4 nitrogen and oxygen atoms in total. The number of carbonyl (C=O) groups excluding carboxylic acids is 1. The van der Waals surface area contributed by atoms with Crippen molar-refractivity contribution in [1.29, 1.82) is 0 Å². The topological polar surface area (TPSA) is 42.8 Å². The van der Waals surface area contributed by atoms with Crippen molar-refractivity contribution < 1.29 is 14.4 Å². The van der Waals surface area contributed by atoms with Gasteiger partial charge in [-0.15, -0.1) is 0 Å². The van der Waals surface area contributed by atoms with Crippen LogP contribution < -0.4 is 15.0 Å². The van der Waals surface area contributed by atoms with Gasteiger partial charge in [-0.2, -0.15) is 0 Å². The van der Waals surface area contributed by atoms with Gasteiger partial charge in [0.15, 0.2) is 6.61 Å². The molecule has 0 spiro atoms. The fourth-order valence-corrected chi connectivity index (χ4v) is 3.53. The van der Waals surface area contributed by atoms with Gasteiger partial charge in [-0.3, -0.25) is 4.79 Å². The lowest BCUT2D eigenvalue weighted by atomic mass is 10.1. The van der Waals surface area contributed by atoms with E-state index in [9.17, 15) is 4.79 Å². The number of ether oxygens (including phenoxy) is 1. The summed E-state index contributed by atoms with van der Waals surface area (Å²) in [6, 6.07) is 6.20. The molecule has 1 aromatic rings. The number of hydrogen-bond donors (Lipinski definition) is 2. The highest BCUT2D eigenvalue weighted by molar-refractivity contribution is 5.77. The Morgan fingerprint density at radius 2 is 1.95 bits per heavy atom. The van der Waals surface area contributed by atoms with Crippen LogP contribution in [0.5, 0.6) is 5.75 Å². The van der Waals surface area contributed by atoms with Gasteiger partial charge in [-0.25, -0.2) is 0 Å². The molecule has 0 bridgehead atoms. The molecule has 1 fully saturated rings. The van der Waals surface area contributed by atoms with Gasteiger partial charge in [0, 0.05) is 25.8 Å². The molecule has 1 aliphatic carbocycles. The highest BCUT2D eigenvalue weighted by Crippen LogP contribution is 2.25. The maximum absolute atomic E-state index is 11.8. The number of carbonyl (C=O) groups is 1. The van der Waals surface area contributed by atoms with Crippen LogP contribution in [0.4, 0.5) is 0 Å². The first-order valence-electron chi connectivity index (χ1n) is 8.66. The lowest BCUT2D eigenvalue weighted by molar-refractivity contribution is -0.887. The van der Waals surface area contributed by atoms with Gasteiger partial charge in [0.1, 0.15) is 5.75 Å². The number of likely N-dealkylation sites (tertiary alicyclic amines) is 1. The molecule has 0 atom stereocenters. The second kappa shape index (κ2) is 7.63. The Labute approximate surface area is 132 Å². The molecule has 1 amide bonds. The number of fused-ring (bicyclic) bond motifs is 1. The van der Waals surface area contributed by atoms with E-state index in [1.807, 2.05) is 6.07 Å². The Morgan fingerprint density at radius 1 is 1.14 bits per heavy atom. The number of amides is 1. The molecular weight excluding hydrogens is 276 g/mol. The average molecular weight is 303 g/mol. The van der Waals surface area contributed by atoms with Crippen molar-refractivity contribution in [3.05, 3.63) is 29.3 Å². The van der Waals surface area contributed by atoms with E-state index in [2.05, 4.69) is 17.4 Å². The third kappa shape index (κ3) is 4.23. The molecular formula is C18H27N2O2+. The molecule has 1 aromatic carbocycles. The Kier molecular flexibility index (Phi) is 5.33. The van der Waals surface area contributed by atoms with E-state index in [0.717, 1.165) is 25.1 Å². The molecule has 4 heteroatoms. The van der Waals surface area contributed by atoms with Gasteiger partial charge in [-0.05, 0) is 42.5 Å². The molecule has 120 valence electrons. The zero-order chi connectivity index (χ0) is 15.2.